The second kappa shape index (κ2) is 7.11. The molecule has 0 aliphatic heterocycles. The summed E-state index contributed by atoms with van der Waals surface area (Å²) in [6.07, 6.45) is 0. The summed E-state index contributed by atoms with van der Waals surface area (Å²) in [5.41, 5.74) is 8.12. The normalized spacial score (nSPS) is 11.8. The maximum Gasteiger partial charge on any atom is 0.341 e. The molecule has 1 amide bonds. The Bertz CT molecular complexity index is 704. The Morgan fingerprint density at radius 1 is 1.26 bits per heavy atom. The van der Waals surface area contributed by atoms with Crippen LogP contribution in [-0.4, -0.2) is 19.0 Å². The summed E-state index contributed by atoms with van der Waals surface area (Å²) in [6.45, 7) is 3.78. The third-order valence-electron chi connectivity index (χ3n) is 3.53. The smallest absolute Gasteiger partial charge is 0.341 e. The summed E-state index contributed by atoms with van der Waals surface area (Å²) < 4.78 is 10.1. The van der Waals surface area contributed by atoms with E-state index in [0.29, 0.717) is 17.1 Å². The molecule has 0 radical (unpaired) electrons. The first kappa shape index (κ1) is 16.8. The van der Waals surface area contributed by atoms with E-state index < -0.39 is 12.0 Å². The lowest BCUT2D eigenvalue weighted by atomic mass is 10.1. The predicted molar refractivity (Wildman–Crippen MR) is 84.7 cm³/mol. The molecule has 0 saturated carbocycles. The van der Waals surface area contributed by atoms with Gasteiger partial charge in [0, 0.05) is 0 Å². The second-order valence-electron chi connectivity index (χ2n) is 5.28. The number of carbonyl (C=O) groups excluding carboxylic acids is 2. The fourth-order valence-electron chi connectivity index (χ4n) is 2.15. The summed E-state index contributed by atoms with van der Waals surface area (Å²) in [4.78, 5) is 23.6. The van der Waals surface area contributed by atoms with E-state index in [9.17, 15) is 9.59 Å². The number of amides is 1. The van der Waals surface area contributed by atoms with E-state index in [1.165, 1.54) is 7.11 Å². The molecule has 0 spiro atoms. The average Bonchev–Trinajstić information content (AvgIpc) is 2.92. The zero-order valence-electron chi connectivity index (χ0n) is 13.4. The molecule has 0 saturated heterocycles. The Labute approximate surface area is 134 Å². The van der Waals surface area contributed by atoms with Gasteiger partial charge in [-0.05, 0) is 25.5 Å². The van der Waals surface area contributed by atoms with Crippen molar-refractivity contribution < 1.29 is 18.7 Å². The number of benzene rings is 1. The van der Waals surface area contributed by atoms with E-state index in [2.05, 4.69) is 10.1 Å². The quantitative estimate of drug-likeness (QED) is 0.823. The van der Waals surface area contributed by atoms with Gasteiger partial charge in [-0.2, -0.15) is 0 Å². The molecule has 1 aromatic carbocycles. The van der Waals surface area contributed by atoms with Crippen LogP contribution in [0.15, 0.2) is 34.7 Å². The summed E-state index contributed by atoms with van der Waals surface area (Å²) in [5.74, 6) is 0.124. The highest BCUT2D eigenvalue weighted by molar-refractivity contribution is 5.90. The Kier molecular flexibility index (Phi) is 5.18. The Morgan fingerprint density at radius 2 is 1.91 bits per heavy atom. The van der Waals surface area contributed by atoms with Gasteiger partial charge >= 0.3 is 5.97 Å². The topological polar surface area (TPSA) is 94.6 Å². The minimum absolute atomic E-state index is 0.149. The number of aryl methyl sites for hydroxylation is 2. The summed E-state index contributed by atoms with van der Waals surface area (Å²) in [7, 11) is 1.30. The number of ether oxygens (including phenoxy) is 1. The first-order valence-electron chi connectivity index (χ1n) is 7.20. The van der Waals surface area contributed by atoms with Crippen molar-refractivity contribution in [1.82, 2.24) is 5.32 Å². The maximum atomic E-state index is 12.1. The van der Waals surface area contributed by atoms with Gasteiger partial charge in [-0.1, -0.05) is 29.8 Å². The van der Waals surface area contributed by atoms with Crippen molar-refractivity contribution in [3.63, 3.8) is 0 Å². The lowest BCUT2D eigenvalue weighted by Crippen LogP contribution is -2.33. The van der Waals surface area contributed by atoms with Crippen LogP contribution in [0.2, 0.25) is 0 Å². The van der Waals surface area contributed by atoms with Crippen LogP contribution in [0.3, 0.4) is 0 Å². The van der Waals surface area contributed by atoms with Gasteiger partial charge in [-0.25, -0.2) is 4.79 Å². The fraction of sp³-hybridized carbons (Fsp3) is 0.294. The third-order valence-corrected chi connectivity index (χ3v) is 3.53. The third kappa shape index (κ3) is 3.98. The van der Waals surface area contributed by atoms with Crippen molar-refractivity contribution in [1.29, 1.82) is 0 Å². The van der Waals surface area contributed by atoms with Crippen LogP contribution in [0.4, 0.5) is 0 Å². The average molecular weight is 316 g/mol. The molecule has 3 N–H and O–H groups in total. The highest BCUT2D eigenvalue weighted by atomic mass is 16.5. The molecule has 6 heteroatoms. The van der Waals surface area contributed by atoms with E-state index in [1.54, 1.807) is 13.0 Å². The molecule has 2 aromatic rings. The second-order valence-corrected chi connectivity index (χ2v) is 5.28. The van der Waals surface area contributed by atoms with E-state index >= 15 is 0 Å². The van der Waals surface area contributed by atoms with Gasteiger partial charge in [0.15, 0.2) is 0 Å². The molecular formula is C17H20N2O4. The lowest BCUT2D eigenvalue weighted by Gasteiger charge is -2.12. The number of hydrogen-bond acceptors (Lipinski definition) is 5. The standard InChI is InChI=1S/C17H20N2O4/c1-10-4-6-12(7-5-10)15(18)16(20)19-9-13-8-14(11(2)23-13)17(21)22-3/h4-8,15H,9,18H2,1-3H3,(H,19,20). The van der Waals surface area contributed by atoms with Gasteiger partial charge in [-0.15, -0.1) is 0 Å². The van der Waals surface area contributed by atoms with Crippen molar-refractivity contribution in [2.45, 2.75) is 26.4 Å². The van der Waals surface area contributed by atoms with Gasteiger partial charge in [0.05, 0.1) is 13.7 Å². The van der Waals surface area contributed by atoms with Crippen LogP contribution in [0.1, 0.15) is 39.0 Å². The van der Waals surface area contributed by atoms with Crippen LogP contribution >= 0.6 is 0 Å². The van der Waals surface area contributed by atoms with Gasteiger partial charge in [0.25, 0.3) is 0 Å². The highest BCUT2D eigenvalue weighted by Crippen LogP contribution is 2.16. The summed E-state index contributed by atoms with van der Waals surface area (Å²) >= 11 is 0. The number of furan rings is 1. The van der Waals surface area contributed by atoms with Crippen LogP contribution in [0.5, 0.6) is 0 Å². The molecule has 0 fully saturated rings. The number of rotatable bonds is 5. The van der Waals surface area contributed by atoms with Crippen molar-refractivity contribution in [3.05, 3.63) is 58.5 Å². The molecule has 6 nitrogen and oxygen atoms in total. The molecule has 1 heterocycles. The van der Waals surface area contributed by atoms with Gasteiger partial charge in [0.2, 0.25) is 5.91 Å². The molecule has 122 valence electrons. The highest BCUT2D eigenvalue weighted by Gasteiger charge is 2.18. The number of carbonyl (C=O) groups is 2. The minimum atomic E-state index is -0.758. The van der Waals surface area contributed by atoms with E-state index in [1.807, 2.05) is 31.2 Å². The van der Waals surface area contributed by atoms with Crippen molar-refractivity contribution >= 4 is 11.9 Å². The molecule has 1 unspecified atom stereocenters. The minimum Gasteiger partial charge on any atom is -0.465 e. The Balaban J connectivity index is 1.99. The first-order valence-corrected chi connectivity index (χ1v) is 7.20. The SMILES string of the molecule is COC(=O)c1cc(CNC(=O)C(N)c2ccc(C)cc2)oc1C. The number of nitrogens with two attached hydrogens (primary N) is 1. The van der Waals surface area contributed by atoms with Gasteiger partial charge in [0.1, 0.15) is 23.1 Å². The first-order chi connectivity index (χ1) is 10.9. The van der Waals surface area contributed by atoms with Crippen molar-refractivity contribution in [3.8, 4) is 0 Å². The van der Waals surface area contributed by atoms with Crippen LogP contribution in [0.25, 0.3) is 0 Å². The fourth-order valence-corrected chi connectivity index (χ4v) is 2.15. The molecule has 1 aromatic heterocycles. The molecule has 1 atom stereocenters. The Hall–Kier alpha value is -2.60. The van der Waals surface area contributed by atoms with Crippen LogP contribution < -0.4 is 11.1 Å². The molecular weight excluding hydrogens is 296 g/mol. The molecule has 0 bridgehead atoms. The molecule has 23 heavy (non-hydrogen) atoms. The van der Waals surface area contributed by atoms with Gasteiger partial charge < -0.3 is 20.2 Å². The Morgan fingerprint density at radius 3 is 2.52 bits per heavy atom. The summed E-state index contributed by atoms with van der Waals surface area (Å²) in [5, 5.41) is 2.70. The predicted octanol–water partition coefficient (Wildman–Crippen LogP) is 2.00. The van der Waals surface area contributed by atoms with Crippen molar-refractivity contribution in [2.75, 3.05) is 7.11 Å². The molecule has 2 rings (SSSR count). The molecule has 0 aliphatic carbocycles. The zero-order valence-corrected chi connectivity index (χ0v) is 13.4. The number of hydrogen-bond donors (Lipinski definition) is 2. The lowest BCUT2D eigenvalue weighted by molar-refractivity contribution is -0.122. The number of methoxy groups -OCH3 is 1. The number of nitrogens with one attached hydrogen (secondary N) is 1. The van der Waals surface area contributed by atoms with E-state index in [0.717, 1.165) is 11.1 Å². The monoisotopic (exact) mass is 316 g/mol. The van der Waals surface area contributed by atoms with E-state index in [-0.39, 0.29) is 12.5 Å². The van der Waals surface area contributed by atoms with Crippen molar-refractivity contribution in [2.24, 2.45) is 5.73 Å². The largest absolute Gasteiger partial charge is 0.465 e. The van der Waals surface area contributed by atoms with E-state index in [4.69, 9.17) is 10.2 Å². The van der Waals surface area contributed by atoms with Crippen LogP contribution in [-0.2, 0) is 16.1 Å². The molecule has 0 aliphatic rings. The zero-order chi connectivity index (χ0) is 17.0. The van der Waals surface area contributed by atoms with Gasteiger partial charge in [-0.3, -0.25) is 4.79 Å². The number of esters is 1. The maximum absolute atomic E-state index is 12.1. The summed E-state index contributed by atoms with van der Waals surface area (Å²) in [6, 6.07) is 8.26. The van der Waals surface area contributed by atoms with Crippen LogP contribution in [0, 0.1) is 13.8 Å².